The van der Waals surface area contributed by atoms with Crippen LogP contribution in [0.5, 0.6) is 0 Å². The van der Waals surface area contributed by atoms with E-state index >= 15 is 0 Å². The number of nitrogens with one attached hydrogen (secondary N) is 1. The number of rotatable bonds is 5. The van der Waals surface area contributed by atoms with Crippen LogP contribution < -0.4 is 11.1 Å². The summed E-state index contributed by atoms with van der Waals surface area (Å²) in [6.45, 7) is 0. The van der Waals surface area contributed by atoms with Gasteiger partial charge in [-0.05, 0) is 40.5 Å². The van der Waals surface area contributed by atoms with Gasteiger partial charge in [0.15, 0.2) is 0 Å². The number of carboxylic acid groups (broad SMARTS) is 1. The second kappa shape index (κ2) is 6.72. The lowest BCUT2D eigenvalue weighted by molar-refractivity contribution is -0.137. The smallest absolute Gasteiger partial charge is 0.303 e. The molecule has 5 nitrogen and oxygen atoms in total. The fourth-order valence-corrected chi connectivity index (χ4v) is 2.01. The molecule has 0 aliphatic heterocycles. The van der Waals surface area contributed by atoms with Gasteiger partial charge in [0.25, 0.3) is 0 Å². The zero-order valence-electron chi connectivity index (χ0n) is 9.32. The molecule has 18 heavy (non-hydrogen) atoms. The van der Waals surface area contributed by atoms with Crippen molar-refractivity contribution in [3.05, 3.63) is 27.7 Å². The predicted octanol–water partition coefficient (Wildman–Crippen LogP) is 2.23. The molecule has 1 aromatic rings. The lowest BCUT2D eigenvalue weighted by Gasteiger charge is -2.12. The number of amides is 1. The molecule has 98 valence electrons. The largest absolute Gasteiger partial charge is 0.481 e. The van der Waals surface area contributed by atoms with Gasteiger partial charge in [0.2, 0.25) is 5.91 Å². The van der Waals surface area contributed by atoms with Crippen LogP contribution in [0.25, 0.3) is 0 Å². The molecule has 1 amide bonds. The Morgan fingerprint density at radius 1 is 1.50 bits per heavy atom. The van der Waals surface area contributed by atoms with E-state index in [0.29, 0.717) is 15.2 Å². The van der Waals surface area contributed by atoms with Gasteiger partial charge in [0, 0.05) is 15.9 Å². The van der Waals surface area contributed by atoms with E-state index in [4.69, 9.17) is 22.4 Å². The molecular weight excluding hydrogens is 323 g/mol. The van der Waals surface area contributed by atoms with E-state index in [1.165, 1.54) is 0 Å². The van der Waals surface area contributed by atoms with Gasteiger partial charge in [-0.2, -0.15) is 0 Å². The highest BCUT2D eigenvalue weighted by atomic mass is 79.9. The average molecular weight is 336 g/mol. The van der Waals surface area contributed by atoms with Crippen LogP contribution in [-0.4, -0.2) is 23.0 Å². The van der Waals surface area contributed by atoms with Crippen LogP contribution in [-0.2, 0) is 9.59 Å². The molecule has 1 atom stereocenters. The molecule has 7 heteroatoms. The van der Waals surface area contributed by atoms with Crippen LogP contribution in [0, 0.1) is 0 Å². The molecule has 1 aromatic carbocycles. The summed E-state index contributed by atoms with van der Waals surface area (Å²) in [5.41, 5.74) is 6.11. The second-order valence-electron chi connectivity index (χ2n) is 3.65. The number of nitrogens with two attached hydrogens (primary N) is 1. The summed E-state index contributed by atoms with van der Waals surface area (Å²) < 4.78 is 0.633. The Morgan fingerprint density at radius 3 is 2.72 bits per heavy atom. The quantitative estimate of drug-likeness (QED) is 0.769. The lowest BCUT2D eigenvalue weighted by Crippen LogP contribution is -2.36. The lowest BCUT2D eigenvalue weighted by atomic mass is 10.1. The van der Waals surface area contributed by atoms with E-state index in [9.17, 15) is 9.59 Å². The fraction of sp³-hybridized carbons (Fsp3) is 0.273. The highest BCUT2D eigenvalue weighted by Gasteiger charge is 2.15. The summed E-state index contributed by atoms with van der Waals surface area (Å²) in [6.07, 6.45) is -0.0528. The molecule has 0 fully saturated rings. The highest BCUT2D eigenvalue weighted by Crippen LogP contribution is 2.25. The Bertz CT molecular complexity index is 468. The first-order chi connectivity index (χ1) is 8.40. The number of aliphatic carboxylic acids is 1. The Kier molecular flexibility index (Phi) is 5.58. The minimum absolute atomic E-state index is 0.0897. The number of halogens is 2. The molecular formula is C11H12BrClN2O3. The predicted molar refractivity (Wildman–Crippen MR) is 72.6 cm³/mol. The third-order valence-electron chi connectivity index (χ3n) is 2.19. The summed E-state index contributed by atoms with van der Waals surface area (Å²) in [6, 6.07) is 4.04. The molecule has 0 radical (unpaired) electrons. The summed E-state index contributed by atoms with van der Waals surface area (Å²) in [5, 5.41) is 11.6. The van der Waals surface area contributed by atoms with Crippen molar-refractivity contribution in [1.82, 2.24) is 0 Å². The van der Waals surface area contributed by atoms with Gasteiger partial charge in [-0.3, -0.25) is 9.59 Å². The molecule has 0 bridgehead atoms. The van der Waals surface area contributed by atoms with Crippen molar-refractivity contribution in [3.8, 4) is 0 Å². The Morgan fingerprint density at radius 2 is 2.17 bits per heavy atom. The summed E-state index contributed by atoms with van der Waals surface area (Å²) in [7, 11) is 0. The first-order valence-corrected chi connectivity index (χ1v) is 6.30. The fourth-order valence-electron chi connectivity index (χ4n) is 1.23. The van der Waals surface area contributed by atoms with Crippen LogP contribution >= 0.6 is 27.5 Å². The zero-order valence-corrected chi connectivity index (χ0v) is 11.7. The van der Waals surface area contributed by atoms with Gasteiger partial charge in [0.1, 0.15) is 0 Å². The molecule has 0 aliphatic carbocycles. The van der Waals surface area contributed by atoms with Crippen LogP contribution in [0.15, 0.2) is 22.7 Å². The van der Waals surface area contributed by atoms with Crippen LogP contribution in [0.1, 0.15) is 12.8 Å². The number of benzene rings is 1. The molecule has 0 aliphatic rings. The number of hydrogen-bond acceptors (Lipinski definition) is 3. The molecule has 0 aromatic heterocycles. The van der Waals surface area contributed by atoms with Crippen LogP contribution in [0.3, 0.4) is 0 Å². The van der Waals surface area contributed by atoms with Gasteiger partial charge < -0.3 is 16.2 Å². The minimum atomic E-state index is -0.981. The normalized spacial score (nSPS) is 11.9. The standard InChI is InChI=1S/C11H12BrClN2O3/c12-7-5-6(13)1-3-9(7)15-11(18)8(14)2-4-10(16)17/h1,3,5,8H,2,4,14H2,(H,15,18)(H,16,17). The van der Waals surface area contributed by atoms with Crippen molar-refractivity contribution in [2.45, 2.75) is 18.9 Å². The van der Waals surface area contributed by atoms with Crippen molar-refractivity contribution < 1.29 is 14.7 Å². The van der Waals surface area contributed by atoms with Crippen molar-refractivity contribution >= 4 is 45.1 Å². The van der Waals surface area contributed by atoms with E-state index in [-0.39, 0.29) is 12.8 Å². The van der Waals surface area contributed by atoms with E-state index < -0.39 is 17.9 Å². The van der Waals surface area contributed by atoms with Crippen LogP contribution in [0.4, 0.5) is 5.69 Å². The number of hydrogen-bond donors (Lipinski definition) is 3. The molecule has 0 saturated heterocycles. The number of carbonyl (C=O) groups excluding carboxylic acids is 1. The maximum atomic E-state index is 11.7. The first-order valence-electron chi connectivity index (χ1n) is 5.13. The Balaban J connectivity index is 2.61. The van der Waals surface area contributed by atoms with Gasteiger partial charge in [-0.25, -0.2) is 0 Å². The maximum Gasteiger partial charge on any atom is 0.303 e. The van der Waals surface area contributed by atoms with Crippen molar-refractivity contribution in [2.24, 2.45) is 5.73 Å². The summed E-state index contributed by atoms with van der Waals surface area (Å²) >= 11 is 9.02. The zero-order chi connectivity index (χ0) is 13.7. The van der Waals surface area contributed by atoms with Gasteiger partial charge in [0.05, 0.1) is 11.7 Å². The van der Waals surface area contributed by atoms with Crippen LogP contribution in [0.2, 0.25) is 5.02 Å². The third kappa shape index (κ3) is 4.64. The summed E-state index contributed by atoms with van der Waals surface area (Å²) in [4.78, 5) is 22.0. The van der Waals surface area contributed by atoms with Gasteiger partial charge in [-0.15, -0.1) is 0 Å². The van der Waals surface area contributed by atoms with Crippen molar-refractivity contribution in [2.75, 3.05) is 5.32 Å². The Hall–Kier alpha value is -1.11. The number of anilines is 1. The average Bonchev–Trinajstić information content (AvgIpc) is 2.29. The second-order valence-corrected chi connectivity index (χ2v) is 4.94. The molecule has 0 saturated carbocycles. The molecule has 0 heterocycles. The van der Waals surface area contributed by atoms with Gasteiger partial charge in [-0.1, -0.05) is 11.6 Å². The summed E-state index contributed by atoms with van der Waals surface area (Å²) in [5.74, 6) is -1.41. The molecule has 1 unspecified atom stereocenters. The van der Waals surface area contributed by atoms with Gasteiger partial charge >= 0.3 is 5.97 Å². The topological polar surface area (TPSA) is 92.4 Å². The minimum Gasteiger partial charge on any atom is -0.481 e. The molecule has 4 N–H and O–H groups in total. The SMILES string of the molecule is NC(CCC(=O)O)C(=O)Nc1ccc(Cl)cc1Br. The van der Waals surface area contributed by atoms with E-state index in [1.807, 2.05) is 0 Å². The third-order valence-corrected chi connectivity index (χ3v) is 3.09. The van der Waals surface area contributed by atoms with E-state index in [0.717, 1.165) is 0 Å². The first kappa shape index (κ1) is 14.9. The maximum absolute atomic E-state index is 11.7. The van der Waals surface area contributed by atoms with E-state index in [2.05, 4.69) is 21.2 Å². The van der Waals surface area contributed by atoms with Crippen molar-refractivity contribution in [1.29, 1.82) is 0 Å². The Labute approximate surface area is 117 Å². The number of carboxylic acids is 1. The van der Waals surface area contributed by atoms with E-state index in [1.54, 1.807) is 18.2 Å². The molecule has 1 rings (SSSR count). The molecule has 0 spiro atoms. The monoisotopic (exact) mass is 334 g/mol. The number of carbonyl (C=O) groups is 2. The van der Waals surface area contributed by atoms with Crippen molar-refractivity contribution in [3.63, 3.8) is 0 Å². The highest BCUT2D eigenvalue weighted by molar-refractivity contribution is 9.10.